The summed E-state index contributed by atoms with van der Waals surface area (Å²) >= 11 is -0.536. The Balaban J connectivity index is 2.74. The van der Waals surface area contributed by atoms with Gasteiger partial charge < -0.3 is 0 Å². The van der Waals surface area contributed by atoms with E-state index in [2.05, 4.69) is 0 Å². The van der Waals surface area contributed by atoms with E-state index >= 15 is 0 Å². The molecule has 0 atom stereocenters. The van der Waals surface area contributed by atoms with Gasteiger partial charge in [-0.25, -0.2) is 0 Å². The van der Waals surface area contributed by atoms with Crippen molar-refractivity contribution in [2.24, 2.45) is 0 Å². The molecule has 0 aliphatic carbocycles. The Bertz CT molecular complexity index is 423. The molecule has 0 amide bonds. The molecule has 0 radical (unpaired) electrons. The normalized spacial score (nSPS) is 11.3. The van der Waals surface area contributed by atoms with Crippen molar-refractivity contribution in [1.29, 1.82) is 0 Å². The van der Waals surface area contributed by atoms with Gasteiger partial charge in [-0.15, -0.1) is 0 Å². The van der Waals surface area contributed by atoms with E-state index in [4.69, 9.17) is 0 Å². The molecular weight excluding hydrogens is 300 g/mol. The van der Waals surface area contributed by atoms with Gasteiger partial charge in [0.25, 0.3) is 0 Å². The molecule has 0 bridgehead atoms. The number of hydrogen-bond donors (Lipinski definition) is 0. The van der Waals surface area contributed by atoms with E-state index < -0.39 is 26.7 Å². The second-order valence-corrected chi connectivity index (χ2v) is 5.34. The summed E-state index contributed by atoms with van der Waals surface area (Å²) in [4.78, 5) is 22.2. The van der Waals surface area contributed by atoms with Crippen LogP contribution in [0.5, 0.6) is 0 Å². The van der Waals surface area contributed by atoms with Gasteiger partial charge in [-0.1, -0.05) is 0 Å². The molecule has 0 saturated heterocycles. The van der Waals surface area contributed by atoms with Crippen molar-refractivity contribution < 1.29 is 22.8 Å². The van der Waals surface area contributed by atoms with Gasteiger partial charge in [0.2, 0.25) is 0 Å². The molecule has 6 heteroatoms. The first-order chi connectivity index (χ1) is 7.80. The Labute approximate surface area is 102 Å². The SMILES string of the molecule is CC(=O)C[Se]C(=O)c1ccc(C(F)(F)F)cc1. The summed E-state index contributed by atoms with van der Waals surface area (Å²) in [7, 11) is 0. The van der Waals surface area contributed by atoms with E-state index in [1.807, 2.05) is 0 Å². The third kappa shape index (κ3) is 4.32. The van der Waals surface area contributed by atoms with E-state index in [9.17, 15) is 22.8 Å². The van der Waals surface area contributed by atoms with E-state index in [1.165, 1.54) is 6.92 Å². The van der Waals surface area contributed by atoms with Crippen LogP contribution in [0, 0.1) is 0 Å². The first-order valence-electron chi connectivity index (χ1n) is 4.64. The number of halogens is 3. The van der Waals surface area contributed by atoms with Crippen LogP contribution in [0.2, 0.25) is 5.32 Å². The molecule has 1 rings (SSSR count). The van der Waals surface area contributed by atoms with Crippen molar-refractivity contribution in [3.63, 3.8) is 0 Å². The van der Waals surface area contributed by atoms with Gasteiger partial charge in [0.05, 0.1) is 0 Å². The van der Waals surface area contributed by atoms with Crippen LogP contribution in [0.3, 0.4) is 0 Å². The number of hydrogen-bond acceptors (Lipinski definition) is 2. The molecule has 0 saturated carbocycles. The average Bonchev–Trinajstić information content (AvgIpc) is 2.25. The third-order valence-corrected chi connectivity index (χ3v) is 4.05. The number of ketones is 1. The number of alkyl halides is 3. The second-order valence-electron chi connectivity index (χ2n) is 3.35. The molecule has 0 N–H and O–H groups in total. The van der Waals surface area contributed by atoms with Gasteiger partial charge in [-0.2, -0.15) is 0 Å². The van der Waals surface area contributed by atoms with Gasteiger partial charge in [0.1, 0.15) is 0 Å². The number of Topliss-reactive ketones (excluding diaryl/α,β-unsaturated/α-hetero) is 1. The molecule has 0 aliphatic heterocycles. The minimum atomic E-state index is -4.40. The zero-order valence-corrected chi connectivity index (χ0v) is 10.6. The van der Waals surface area contributed by atoms with Crippen molar-refractivity contribution in [2.45, 2.75) is 18.4 Å². The molecule has 0 heterocycles. The molecule has 0 aliphatic rings. The van der Waals surface area contributed by atoms with Crippen molar-refractivity contribution in [2.75, 3.05) is 0 Å². The molecule has 0 unspecified atom stereocenters. The molecule has 0 spiro atoms. The average molecular weight is 309 g/mol. The van der Waals surface area contributed by atoms with E-state index in [-0.39, 0.29) is 21.3 Å². The Morgan fingerprint density at radius 1 is 1.18 bits per heavy atom. The van der Waals surface area contributed by atoms with Gasteiger partial charge >= 0.3 is 102 Å². The van der Waals surface area contributed by atoms with Crippen LogP contribution >= 0.6 is 0 Å². The minimum absolute atomic E-state index is 0.0924. The van der Waals surface area contributed by atoms with Crippen LogP contribution in [0.15, 0.2) is 24.3 Å². The molecular formula is C11H9F3O2Se. The summed E-state index contributed by atoms with van der Waals surface area (Å²) in [6.07, 6.45) is -4.40. The van der Waals surface area contributed by atoms with Crippen molar-refractivity contribution in [3.8, 4) is 0 Å². The van der Waals surface area contributed by atoms with Gasteiger partial charge in [0, 0.05) is 0 Å². The van der Waals surface area contributed by atoms with E-state index in [0.29, 0.717) is 0 Å². The number of carbonyl (C=O) groups is 2. The summed E-state index contributed by atoms with van der Waals surface area (Å²) in [5, 5.41) is 0.173. The number of rotatable bonds is 4. The fraction of sp³-hybridized carbons (Fsp3) is 0.273. The molecule has 92 valence electrons. The Kier molecular flexibility index (Phi) is 4.48. The van der Waals surface area contributed by atoms with Crippen LogP contribution in [0.4, 0.5) is 13.2 Å². The first kappa shape index (κ1) is 13.9. The Hall–Kier alpha value is -1.13. The summed E-state index contributed by atoms with van der Waals surface area (Å²) in [5.41, 5.74) is -0.563. The van der Waals surface area contributed by atoms with Crippen LogP contribution < -0.4 is 0 Å². The first-order valence-corrected chi connectivity index (χ1v) is 6.71. The number of benzene rings is 1. The third-order valence-electron chi connectivity index (χ3n) is 1.85. The number of carbonyl (C=O) groups excluding carboxylic acids is 2. The van der Waals surface area contributed by atoms with Crippen LogP contribution in [-0.2, 0) is 11.0 Å². The summed E-state index contributed by atoms with van der Waals surface area (Å²) in [6, 6.07) is 4.04. The zero-order chi connectivity index (χ0) is 13.1. The van der Waals surface area contributed by atoms with Crippen molar-refractivity contribution in [1.82, 2.24) is 0 Å². The molecule has 2 nitrogen and oxygen atoms in total. The quantitative estimate of drug-likeness (QED) is 0.801. The predicted octanol–water partition coefficient (Wildman–Crippen LogP) is 2.56. The molecule has 1 aromatic carbocycles. The second kappa shape index (κ2) is 5.47. The predicted molar refractivity (Wildman–Crippen MR) is 57.0 cm³/mol. The Morgan fingerprint density at radius 2 is 1.71 bits per heavy atom. The van der Waals surface area contributed by atoms with Crippen molar-refractivity contribution >= 4 is 25.4 Å². The Morgan fingerprint density at radius 3 is 2.12 bits per heavy atom. The summed E-state index contributed by atoms with van der Waals surface area (Å²) < 4.78 is 36.5. The van der Waals surface area contributed by atoms with Crippen LogP contribution in [-0.4, -0.2) is 25.4 Å². The van der Waals surface area contributed by atoms with Gasteiger partial charge in [-0.05, 0) is 0 Å². The van der Waals surface area contributed by atoms with Crippen LogP contribution in [0.25, 0.3) is 0 Å². The molecule has 17 heavy (non-hydrogen) atoms. The fourth-order valence-corrected chi connectivity index (χ4v) is 2.38. The zero-order valence-electron chi connectivity index (χ0n) is 8.88. The van der Waals surface area contributed by atoms with E-state index in [1.54, 1.807) is 0 Å². The maximum absolute atomic E-state index is 12.2. The maximum atomic E-state index is 12.2. The fourth-order valence-electron chi connectivity index (χ4n) is 1.05. The molecule has 1 aromatic rings. The monoisotopic (exact) mass is 310 g/mol. The van der Waals surface area contributed by atoms with Gasteiger partial charge in [-0.3, -0.25) is 0 Å². The standard InChI is InChI=1S/C11H9F3O2Se/c1-7(15)6-17-10(16)8-2-4-9(5-3-8)11(12,13)14/h2-5H,6H2,1H3. The van der Waals surface area contributed by atoms with Crippen molar-refractivity contribution in [3.05, 3.63) is 35.4 Å². The molecule has 0 fully saturated rings. The summed E-state index contributed by atoms with van der Waals surface area (Å²) in [6.45, 7) is 1.38. The summed E-state index contributed by atoms with van der Waals surface area (Å²) in [5.74, 6) is -0.0924. The topological polar surface area (TPSA) is 34.1 Å². The molecule has 0 aromatic heterocycles. The van der Waals surface area contributed by atoms with Crippen LogP contribution in [0.1, 0.15) is 22.8 Å². The van der Waals surface area contributed by atoms with E-state index in [0.717, 1.165) is 24.3 Å². The van der Waals surface area contributed by atoms with Gasteiger partial charge in [0.15, 0.2) is 0 Å².